The molecule has 0 radical (unpaired) electrons. The molecule has 12 heteroatoms. The van der Waals surface area contributed by atoms with Crippen molar-refractivity contribution in [3.8, 4) is 11.5 Å². The molecule has 4 rings (SSSR count). The summed E-state index contributed by atoms with van der Waals surface area (Å²) in [6.45, 7) is 1.61. The summed E-state index contributed by atoms with van der Waals surface area (Å²) in [6.07, 6.45) is 1.35. The first kappa shape index (κ1) is 26.8. The Morgan fingerprint density at radius 2 is 1.51 bits per heavy atom. The summed E-state index contributed by atoms with van der Waals surface area (Å²) < 4.78 is 82.0. The second kappa shape index (κ2) is 10.6. The minimum Gasteiger partial charge on any atom is -0.493 e. The van der Waals surface area contributed by atoms with Gasteiger partial charge in [0.25, 0.3) is 5.91 Å². The Labute approximate surface area is 224 Å². The molecule has 3 aromatic rings. The zero-order valence-electron chi connectivity index (χ0n) is 19.0. The number of hydrogen-bond donors (Lipinski definition) is 0. The molecule has 0 fully saturated rings. The smallest absolute Gasteiger partial charge is 0.280 e. The average molecular weight is 646 g/mol. The van der Waals surface area contributed by atoms with E-state index < -0.39 is 40.7 Å². The molecule has 0 unspecified atom stereocenters. The predicted octanol–water partition coefficient (Wildman–Crippen LogP) is 7.30. The van der Waals surface area contributed by atoms with Crippen molar-refractivity contribution in [1.29, 1.82) is 0 Å². The Balaban J connectivity index is 1.66. The number of carbonyl (C=O) groups excluding carboxylic acids is 1. The highest BCUT2D eigenvalue weighted by Crippen LogP contribution is 2.37. The average Bonchev–Trinajstić information content (AvgIpc) is 3.15. The quantitative estimate of drug-likeness (QED) is 0.122. The van der Waals surface area contributed by atoms with Gasteiger partial charge in [-0.05, 0) is 48.4 Å². The fraction of sp³-hybridized carbons (Fsp3) is 0.120. The van der Waals surface area contributed by atoms with Gasteiger partial charge in [-0.15, -0.1) is 0 Å². The van der Waals surface area contributed by atoms with Crippen LogP contribution in [0.4, 0.5) is 27.6 Å². The predicted molar refractivity (Wildman–Crippen MR) is 134 cm³/mol. The van der Waals surface area contributed by atoms with E-state index in [0.717, 1.165) is 10.0 Å². The van der Waals surface area contributed by atoms with Crippen molar-refractivity contribution in [3.05, 3.63) is 91.1 Å². The second-order valence-electron chi connectivity index (χ2n) is 7.72. The highest BCUT2D eigenvalue weighted by Gasteiger charge is 2.37. The molecule has 0 N–H and O–H groups in total. The molecular weight excluding hydrogens is 631 g/mol. The molecule has 5 nitrogen and oxygen atoms in total. The molecule has 0 aromatic heterocycles. The topological polar surface area (TPSA) is 51.1 Å². The SMILES string of the molecule is COc1cc(/C=C2/C(=O)N(c3c(F)c(F)c(F)c(F)c3F)N=C2C)c(Br)cc1OCc1ccc(Br)cc1. The van der Waals surface area contributed by atoms with Crippen molar-refractivity contribution < 1.29 is 36.2 Å². The van der Waals surface area contributed by atoms with E-state index >= 15 is 0 Å². The highest BCUT2D eigenvalue weighted by atomic mass is 79.9. The van der Waals surface area contributed by atoms with Crippen molar-refractivity contribution in [1.82, 2.24) is 0 Å². The Hall–Kier alpha value is -3.25. The van der Waals surface area contributed by atoms with E-state index in [1.165, 1.54) is 20.1 Å². The molecule has 37 heavy (non-hydrogen) atoms. The van der Waals surface area contributed by atoms with Gasteiger partial charge in [-0.25, -0.2) is 22.0 Å². The van der Waals surface area contributed by atoms with Gasteiger partial charge in [0.1, 0.15) is 12.3 Å². The number of benzene rings is 3. The van der Waals surface area contributed by atoms with Gasteiger partial charge in [0.2, 0.25) is 5.82 Å². The molecule has 3 aromatic carbocycles. The van der Waals surface area contributed by atoms with E-state index in [-0.39, 0.29) is 22.9 Å². The van der Waals surface area contributed by atoms with Gasteiger partial charge >= 0.3 is 0 Å². The molecular formula is C25H15Br2F5N2O3. The molecule has 1 amide bonds. The number of rotatable bonds is 6. The zero-order chi connectivity index (χ0) is 27.0. The van der Waals surface area contributed by atoms with Gasteiger partial charge in [-0.3, -0.25) is 4.79 Å². The zero-order valence-corrected chi connectivity index (χ0v) is 22.2. The lowest BCUT2D eigenvalue weighted by atomic mass is 10.1. The molecule has 0 saturated heterocycles. The number of carbonyl (C=O) groups is 1. The first-order valence-corrected chi connectivity index (χ1v) is 12.0. The Bertz CT molecular complexity index is 1450. The van der Waals surface area contributed by atoms with Gasteiger partial charge in [-0.1, -0.05) is 44.0 Å². The van der Waals surface area contributed by atoms with Crippen molar-refractivity contribution in [2.45, 2.75) is 13.5 Å². The Morgan fingerprint density at radius 1 is 0.919 bits per heavy atom. The van der Waals surface area contributed by atoms with Crippen LogP contribution in [0.5, 0.6) is 11.5 Å². The van der Waals surface area contributed by atoms with Crippen LogP contribution in [0.15, 0.2) is 56.0 Å². The third-order valence-electron chi connectivity index (χ3n) is 5.35. The molecule has 0 aliphatic carbocycles. The van der Waals surface area contributed by atoms with Crippen LogP contribution in [-0.4, -0.2) is 18.7 Å². The van der Waals surface area contributed by atoms with Gasteiger partial charge in [0.15, 0.2) is 34.8 Å². The van der Waals surface area contributed by atoms with Crippen molar-refractivity contribution in [2.75, 3.05) is 12.1 Å². The van der Waals surface area contributed by atoms with Gasteiger partial charge in [0, 0.05) is 8.95 Å². The minimum absolute atomic E-state index is 0.00428. The lowest BCUT2D eigenvalue weighted by Crippen LogP contribution is -2.25. The third-order valence-corrected chi connectivity index (χ3v) is 6.57. The molecule has 0 saturated carbocycles. The summed E-state index contributed by atoms with van der Waals surface area (Å²) >= 11 is 6.76. The van der Waals surface area contributed by atoms with Crippen LogP contribution in [0.2, 0.25) is 0 Å². The van der Waals surface area contributed by atoms with Crippen molar-refractivity contribution >= 4 is 55.2 Å². The van der Waals surface area contributed by atoms with Gasteiger partial charge in [0.05, 0.1) is 18.4 Å². The van der Waals surface area contributed by atoms with Crippen LogP contribution in [0.25, 0.3) is 6.08 Å². The molecule has 1 heterocycles. The standard InChI is InChI=1S/C25H15Br2F5N2O3/c1-11-15(25(35)34(33-11)24-22(31)20(29)19(28)21(30)23(24)32)7-13-8-17(36-2)18(9-16(13)27)37-10-12-3-5-14(26)6-4-12/h3-9H,10H2,1-2H3/b15-7+. The van der Waals surface area contributed by atoms with Crippen LogP contribution < -0.4 is 14.5 Å². The summed E-state index contributed by atoms with van der Waals surface area (Å²) in [5, 5.41) is 3.88. The maximum atomic E-state index is 14.3. The van der Waals surface area contributed by atoms with Crippen molar-refractivity contribution in [3.63, 3.8) is 0 Å². The summed E-state index contributed by atoms with van der Waals surface area (Å²) in [5.74, 6) is -11.4. The first-order chi connectivity index (χ1) is 17.5. The number of nitrogens with zero attached hydrogens (tertiary/aromatic N) is 2. The van der Waals surface area contributed by atoms with Gasteiger partial charge < -0.3 is 9.47 Å². The third kappa shape index (κ3) is 5.12. The van der Waals surface area contributed by atoms with Crippen LogP contribution in [-0.2, 0) is 11.4 Å². The maximum absolute atomic E-state index is 14.3. The Kier molecular flexibility index (Phi) is 7.69. The van der Waals surface area contributed by atoms with E-state index in [2.05, 4.69) is 37.0 Å². The maximum Gasteiger partial charge on any atom is 0.280 e. The lowest BCUT2D eigenvalue weighted by molar-refractivity contribution is -0.114. The number of methoxy groups -OCH3 is 1. The molecule has 0 spiro atoms. The molecule has 1 aliphatic heterocycles. The number of anilines is 1. The van der Waals surface area contributed by atoms with Crippen LogP contribution in [0.1, 0.15) is 18.1 Å². The number of ether oxygens (including phenoxy) is 2. The second-order valence-corrected chi connectivity index (χ2v) is 9.49. The number of hydrazone groups is 1. The molecule has 1 aliphatic rings. The lowest BCUT2D eigenvalue weighted by Gasteiger charge is -2.15. The van der Waals surface area contributed by atoms with E-state index in [1.54, 1.807) is 12.1 Å². The first-order valence-electron chi connectivity index (χ1n) is 10.4. The van der Waals surface area contributed by atoms with Crippen LogP contribution in [0, 0.1) is 29.1 Å². The van der Waals surface area contributed by atoms with E-state index in [9.17, 15) is 26.7 Å². The van der Waals surface area contributed by atoms with Crippen molar-refractivity contribution in [2.24, 2.45) is 5.10 Å². The van der Waals surface area contributed by atoms with E-state index in [1.807, 2.05) is 24.3 Å². The summed E-state index contributed by atoms with van der Waals surface area (Å²) in [7, 11) is 1.42. The largest absolute Gasteiger partial charge is 0.493 e. The molecule has 0 bridgehead atoms. The number of halogens is 7. The minimum atomic E-state index is -2.33. The summed E-state index contributed by atoms with van der Waals surface area (Å²) in [4.78, 5) is 12.9. The fourth-order valence-corrected chi connectivity index (χ4v) is 4.15. The van der Waals surface area contributed by atoms with Gasteiger partial charge in [-0.2, -0.15) is 10.1 Å². The molecule has 0 atom stereocenters. The molecule has 192 valence electrons. The van der Waals surface area contributed by atoms with E-state index in [4.69, 9.17) is 9.47 Å². The van der Waals surface area contributed by atoms with E-state index in [0.29, 0.717) is 21.5 Å². The van der Waals surface area contributed by atoms with Crippen LogP contribution in [0.3, 0.4) is 0 Å². The summed E-state index contributed by atoms with van der Waals surface area (Å²) in [6, 6.07) is 10.7. The summed E-state index contributed by atoms with van der Waals surface area (Å²) in [5.41, 5.74) is -0.280. The number of hydrogen-bond acceptors (Lipinski definition) is 4. The monoisotopic (exact) mass is 644 g/mol. The number of amides is 1. The Morgan fingerprint density at radius 3 is 2.11 bits per heavy atom. The highest BCUT2D eigenvalue weighted by molar-refractivity contribution is 9.10. The van der Waals surface area contributed by atoms with Crippen LogP contribution >= 0.6 is 31.9 Å². The fourth-order valence-electron chi connectivity index (χ4n) is 3.45. The normalized spacial score (nSPS) is 14.4.